The molecular formula is C16H19N3O3S. The molecule has 2 N–H and O–H groups in total. The molecule has 122 valence electrons. The van der Waals surface area contributed by atoms with E-state index in [1.54, 1.807) is 12.1 Å². The van der Waals surface area contributed by atoms with E-state index in [-0.39, 0.29) is 23.9 Å². The van der Waals surface area contributed by atoms with Gasteiger partial charge in [-0.1, -0.05) is 6.92 Å². The highest BCUT2D eigenvalue weighted by atomic mass is 32.1. The minimum Gasteiger partial charge on any atom is -0.466 e. The van der Waals surface area contributed by atoms with Crippen molar-refractivity contribution in [3.63, 3.8) is 0 Å². The number of amides is 2. The monoisotopic (exact) mass is 333 g/mol. The third kappa shape index (κ3) is 3.44. The van der Waals surface area contributed by atoms with Crippen molar-refractivity contribution in [2.24, 2.45) is 0 Å². The highest BCUT2D eigenvalue weighted by Gasteiger charge is 2.40. The zero-order valence-electron chi connectivity index (χ0n) is 13.3. The number of rotatable bonds is 5. The molecule has 1 saturated carbocycles. The van der Waals surface area contributed by atoms with Crippen LogP contribution in [-0.4, -0.2) is 28.3 Å². The lowest BCUT2D eigenvalue weighted by molar-refractivity contribution is 0.0923. The number of furan rings is 1. The normalized spacial score (nSPS) is 19.4. The van der Waals surface area contributed by atoms with Gasteiger partial charge >= 0.3 is 0 Å². The average Bonchev–Trinajstić information content (AvgIpc) is 2.92. The molecule has 0 radical (unpaired) electrons. The van der Waals surface area contributed by atoms with Crippen LogP contribution in [0.5, 0.6) is 0 Å². The van der Waals surface area contributed by atoms with Crippen molar-refractivity contribution in [2.45, 2.75) is 45.7 Å². The van der Waals surface area contributed by atoms with E-state index in [0.717, 1.165) is 17.1 Å². The highest BCUT2D eigenvalue weighted by molar-refractivity contribution is 7.05. The predicted molar refractivity (Wildman–Crippen MR) is 86.8 cm³/mol. The van der Waals surface area contributed by atoms with Crippen LogP contribution >= 0.6 is 11.5 Å². The molecule has 3 rings (SSSR count). The first-order valence-corrected chi connectivity index (χ1v) is 8.39. The van der Waals surface area contributed by atoms with E-state index in [2.05, 4.69) is 15.0 Å². The second-order valence-corrected chi connectivity index (χ2v) is 6.77. The number of carbonyl (C=O) groups is 2. The van der Waals surface area contributed by atoms with Crippen molar-refractivity contribution >= 4 is 23.3 Å². The number of aromatic nitrogens is 1. The van der Waals surface area contributed by atoms with E-state index in [4.69, 9.17) is 4.42 Å². The van der Waals surface area contributed by atoms with Gasteiger partial charge in [0.25, 0.3) is 11.8 Å². The van der Waals surface area contributed by atoms with Gasteiger partial charge in [-0.2, -0.15) is 4.37 Å². The third-order valence-electron chi connectivity index (χ3n) is 3.78. The molecule has 7 heteroatoms. The molecule has 1 aliphatic carbocycles. The summed E-state index contributed by atoms with van der Waals surface area (Å²) in [5, 5.41) is 5.83. The van der Waals surface area contributed by atoms with Crippen LogP contribution in [0.1, 0.15) is 50.6 Å². The number of hydrogen-bond acceptors (Lipinski definition) is 5. The van der Waals surface area contributed by atoms with Gasteiger partial charge in [0.15, 0.2) is 0 Å². The summed E-state index contributed by atoms with van der Waals surface area (Å²) >= 11 is 1.30. The number of hydrogen-bond donors (Lipinski definition) is 2. The topological polar surface area (TPSA) is 84.2 Å². The molecule has 2 atom stereocenters. The molecule has 0 spiro atoms. The van der Waals surface area contributed by atoms with E-state index in [1.807, 2.05) is 20.8 Å². The Morgan fingerprint density at radius 2 is 1.96 bits per heavy atom. The Bertz CT molecular complexity index is 750. The first-order valence-electron chi connectivity index (χ1n) is 7.62. The van der Waals surface area contributed by atoms with Crippen LogP contribution in [-0.2, 0) is 6.42 Å². The quantitative estimate of drug-likeness (QED) is 0.879. The molecule has 0 aromatic carbocycles. The van der Waals surface area contributed by atoms with Gasteiger partial charge in [0.1, 0.15) is 17.2 Å². The summed E-state index contributed by atoms with van der Waals surface area (Å²) in [5.41, 5.74) is 1.01. The van der Waals surface area contributed by atoms with Crippen LogP contribution in [0.3, 0.4) is 0 Å². The SMILES string of the molecule is CCc1oc(C)cc1C(=O)N[C@H]1C[C@@H]1NC(=O)c1cc(C)sn1. The zero-order chi connectivity index (χ0) is 16.6. The summed E-state index contributed by atoms with van der Waals surface area (Å²) in [4.78, 5) is 25.3. The average molecular weight is 333 g/mol. The van der Waals surface area contributed by atoms with E-state index in [0.29, 0.717) is 23.4 Å². The van der Waals surface area contributed by atoms with Crippen molar-refractivity contribution in [1.82, 2.24) is 15.0 Å². The highest BCUT2D eigenvalue weighted by Crippen LogP contribution is 2.24. The molecular weight excluding hydrogens is 314 g/mol. The summed E-state index contributed by atoms with van der Waals surface area (Å²) in [7, 11) is 0. The Labute approximate surface area is 138 Å². The minimum absolute atomic E-state index is 0.0356. The predicted octanol–water partition coefficient (Wildman–Crippen LogP) is 2.22. The zero-order valence-corrected chi connectivity index (χ0v) is 14.1. The summed E-state index contributed by atoms with van der Waals surface area (Å²) in [5.74, 6) is 1.08. The molecule has 1 fully saturated rings. The number of nitrogens with one attached hydrogen (secondary N) is 2. The summed E-state index contributed by atoms with van der Waals surface area (Å²) in [6, 6.07) is 3.44. The van der Waals surface area contributed by atoms with Crippen LogP contribution in [0.4, 0.5) is 0 Å². The fourth-order valence-electron chi connectivity index (χ4n) is 2.49. The standard InChI is InChI=1S/C16H19N3O3S/c1-4-14-10(5-8(2)22-14)15(20)17-11-7-12(11)18-16(21)13-6-9(3)23-19-13/h5-6,11-12H,4,7H2,1-3H3,(H,17,20)(H,18,21)/t11-,12-/m0/s1. The number of carbonyl (C=O) groups excluding carboxylic acids is 2. The van der Waals surface area contributed by atoms with Crippen molar-refractivity contribution < 1.29 is 14.0 Å². The lowest BCUT2D eigenvalue weighted by atomic mass is 10.2. The summed E-state index contributed by atoms with van der Waals surface area (Å²) < 4.78 is 9.59. The Balaban J connectivity index is 1.55. The summed E-state index contributed by atoms with van der Waals surface area (Å²) in [6.45, 7) is 5.68. The van der Waals surface area contributed by atoms with Crippen LogP contribution in [0.25, 0.3) is 0 Å². The molecule has 0 unspecified atom stereocenters. The van der Waals surface area contributed by atoms with E-state index in [1.165, 1.54) is 11.5 Å². The number of aryl methyl sites for hydroxylation is 3. The molecule has 2 heterocycles. The lowest BCUT2D eigenvalue weighted by Crippen LogP contribution is -2.35. The van der Waals surface area contributed by atoms with Crippen LogP contribution in [0, 0.1) is 13.8 Å². The largest absolute Gasteiger partial charge is 0.466 e. The van der Waals surface area contributed by atoms with E-state index >= 15 is 0 Å². The van der Waals surface area contributed by atoms with Gasteiger partial charge in [-0.05, 0) is 43.9 Å². The van der Waals surface area contributed by atoms with E-state index in [9.17, 15) is 9.59 Å². The second-order valence-electron chi connectivity index (χ2n) is 5.77. The summed E-state index contributed by atoms with van der Waals surface area (Å²) in [6.07, 6.45) is 1.41. The van der Waals surface area contributed by atoms with Crippen LogP contribution in [0.15, 0.2) is 16.5 Å². The van der Waals surface area contributed by atoms with Crippen molar-refractivity contribution in [3.05, 3.63) is 39.8 Å². The Morgan fingerprint density at radius 3 is 2.57 bits per heavy atom. The van der Waals surface area contributed by atoms with Gasteiger partial charge in [0, 0.05) is 11.3 Å². The van der Waals surface area contributed by atoms with Crippen LogP contribution < -0.4 is 10.6 Å². The van der Waals surface area contributed by atoms with Gasteiger partial charge in [0.2, 0.25) is 0 Å². The molecule has 6 nitrogen and oxygen atoms in total. The Morgan fingerprint density at radius 1 is 1.26 bits per heavy atom. The molecule has 2 amide bonds. The van der Waals surface area contributed by atoms with Gasteiger partial charge in [-0.3, -0.25) is 9.59 Å². The second kappa shape index (κ2) is 6.16. The lowest BCUT2D eigenvalue weighted by Gasteiger charge is -2.05. The Hall–Kier alpha value is -2.15. The molecule has 0 saturated heterocycles. The Kier molecular flexibility index (Phi) is 4.21. The van der Waals surface area contributed by atoms with Gasteiger partial charge in [-0.15, -0.1) is 0 Å². The van der Waals surface area contributed by atoms with Gasteiger partial charge < -0.3 is 15.1 Å². The molecule has 0 aliphatic heterocycles. The smallest absolute Gasteiger partial charge is 0.271 e. The number of nitrogens with zero attached hydrogens (tertiary/aromatic N) is 1. The minimum atomic E-state index is -0.190. The van der Waals surface area contributed by atoms with Gasteiger partial charge in [0.05, 0.1) is 17.6 Å². The van der Waals surface area contributed by atoms with E-state index < -0.39 is 0 Å². The maximum Gasteiger partial charge on any atom is 0.271 e. The fourth-order valence-corrected chi connectivity index (χ4v) is 3.04. The maximum atomic E-state index is 12.3. The van der Waals surface area contributed by atoms with Crippen molar-refractivity contribution in [1.29, 1.82) is 0 Å². The first kappa shape index (κ1) is 15.7. The molecule has 2 aromatic heterocycles. The molecule has 0 bridgehead atoms. The molecule has 2 aromatic rings. The first-order chi connectivity index (χ1) is 11.0. The molecule has 23 heavy (non-hydrogen) atoms. The third-order valence-corrected chi connectivity index (χ3v) is 4.48. The van der Waals surface area contributed by atoms with Gasteiger partial charge in [-0.25, -0.2) is 0 Å². The van der Waals surface area contributed by atoms with Crippen LogP contribution in [0.2, 0.25) is 0 Å². The maximum absolute atomic E-state index is 12.3. The van der Waals surface area contributed by atoms with Crippen molar-refractivity contribution in [3.8, 4) is 0 Å². The van der Waals surface area contributed by atoms with Crippen molar-refractivity contribution in [2.75, 3.05) is 0 Å². The molecule has 1 aliphatic rings. The fraction of sp³-hybridized carbons (Fsp3) is 0.438.